The van der Waals surface area contributed by atoms with E-state index in [1.807, 2.05) is 4.98 Å². The quantitative estimate of drug-likeness (QED) is 0.448. The Bertz CT molecular complexity index is 706. The largest absolute Gasteiger partial charge is 0.343 e. The van der Waals surface area contributed by atoms with Crippen LogP contribution in [0.4, 0.5) is 0 Å². The van der Waals surface area contributed by atoms with Gasteiger partial charge in [0.1, 0.15) is 0 Å². The normalized spacial score (nSPS) is 10.2. The Balaban J connectivity index is 3.23. The fourth-order valence-corrected chi connectivity index (χ4v) is 1.12. The minimum atomic E-state index is -0.889. The third kappa shape index (κ3) is 0.893. The smallest absolute Gasteiger partial charge is 0.300 e. The monoisotopic (exact) mass is 193 g/mol. The lowest BCUT2D eigenvalue weighted by atomic mass is 10.5. The summed E-state index contributed by atoms with van der Waals surface area (Å²) in [5.74, 6) is 0. The first-order chi connectivity index (χ1) is 6.63. The predicted molar refractivity (Wildman–Crippen MR) is 44.8 cm³/mol. The molecule has 0 radical (unpaired) electrons. The molecule has 0 amide bonds. The molecule has 2 aromatic rings. The predicted octanol–water partition coefficient (Wildman–Crippen LogP) is -1.96. The second kappa shape index (κ2) is 2.46. The Kier molecular flexibility index (Phi) is 1.42. The number of H-pyrrole nitrogens is 3. The number of nitrogens with one attached hydrogen (secondary N) is 3. The van der Waals surface area contributed by atoms with Crippen molar-refractivity contribution in [2.45, 2.75) is 0 Å². The summed E-state index contributed by atoms with van der Waals surface area (Å²) in [6, 6.07) is 0. The maximum atomic E-state index is 11.1. The average Bonchev–Trinajstić information content (AvgIpc) is 2.48. The first kappa shape index (κ1) is 8.06. The van der Waals surface area contributed by atoms with Gasteiger partial charge in [-0.1, -0.05) is 0 Å². The molecule has 0 aliphatic rings. The topological polar surface area (TPSA) is 127 Å². The van der Waals surface area contributed by atoms with Crippen molar-refractivity contribution in [2.24, 2.45) is 0 Å². The second-order valence-corrected chi connectivity index (χ2v) is 2.50. The fraction of sp³-hybridized carbons (Fsp3) is 0. The van der Waals surface area contributed by atoms with Gasteiger partial charge in [-0.2, -0.15) is 9.83 Å². The highest BCUT2D eigenvalue weighted by molar-refractivity contribution is 5.69. The van der Waals surface area contributed by atoms with Crippen molar-refractivity contribution in [3.63, 3.8) is 0 Å². The number of hydrogen-bond acceptors (Lipinski definition) is 4. The molecule has 70 valence electrons. The Morgan fingerprint density at radius 3 is 2.50 bits per heavy atom. The number of nitrogens with zero attached hydrogens (tertiary/aromatic N) is 2. The number of aromatic amines is 3. The Hall–Kier alpha value is -2.56. The van der Waals surface area contributed by atoms with E-state index in [0.717, 1.165) is 0 Å². The van der Waals surface area contributed by atoms with E-state index in [0.29, 0.717) is 4.57 Å². The number of imidazole rings is 1. The summed E-state index contributed by atoms with van der Waals surface area (Å²) in [6.07, 6.45) is 1.52. The highest BCUT2D eigenvalue weighted by Crippen LogP contribution is 1.94. The number of hydrogen-bond donors (Lipinski definition) is 3. The zero-order valence-electron chi connectivity index (χ0n) is 6.62. The molecule has 2 rings (SSSR count). The molecule has 0 bridgehead atoms. The molecule has 8 heteroatoms. The van der Waals surface area contributed by atoms with Crippen LogP contribution in [-0.2, 0) is 0 Å². The van der Waals surface area contributed by atoms with E-state index in [1.165, 1.54) is 6.19 Å². The highest BCUT2D eigenvalue weighted by Gasteiger charge is 2.09. The van der Waals surface area contributed by atoms with Gasteiger partial charge in [0, 0.05) is 0 Å². The van der Waals surface area contributed by atoms with Gasteiger partial charge in [0.25, 0.3) is 5.56 Å². The molecule has 0 aromatic carbocycles. The summed E-state index contributed by atoms with van der Waals surface area (Å²) in [5.41, 5.74) is -2.54. The van der Waals surface area contributed by atoms with Gasteiger partial charge >= 0.3 is 11.4 Å². The molecule has 8 nitrogen and oxygen atoms in total. The van der Waals surface area contributed by atoms with E-state index in [4.69, 9.17) is 5.26 Å². The van der Waals surface area contributed by atoms with Gasteiger partial charge in [-0.05, 0) is 0 Å². The van der Waals surface area contributed by atoms with E-state index in [-0.39, 0.29) is 11.2 Å². The first-order valence-electron chi connectivity index (χ1n) is 3.51. The van der Waals surface area contributed by atoms with Crippen molar-refractivity contribution in [2.75, 3.05) is 0 Å². The Labute approximate surface area is 74.4 Å². The first-order valence-corrected chi connectivity index (χ1v) is 3.51. The summed E-state index contributed by atoms with van der Waals surface area (Å²) >= 11 is 0. The molecule has 0 fully saturated rings. The fourth-order valence-electron chi connectivity index (χ4n) is 1.12. The summed E-state index contributed by atoms with van der Waals surface area (Å²) in [4.78, 5) is 39.2. The second-order valence-electron chi connectivity index (χ2n) is 2.50. The van der Waals surface area contributed by atoms with E-state index >= 15 is 0 Å². The van der Waals surface area contributed by atoms with Crippen LogP contribution in [0.25, 0.3) is 11.2 Å². The number of rotatable bonds is 0. The van der Waals surface area contributed by atoms with Crippen LogP contribution < -0.4 is 16.9 Å². The van der Waals surface area contributed by atoms with Crippen LogP contribution in [0.2, 0.25) is 0 Å². The van der Waals surface area contributed by atoms with Gasteiger partial charge in [0.05, 0.1) is 0 Å². The molecular weight excluding hydrogens is 190 g/mol. The lowest BCUT2D eigenvalue weighted by molar-refractivity contribution is 0.943. The van der Waals surface area contributed by atoms with Gasteiger partial charge in [-0.3, -0.25) is 19.7 Å². The maximum Gasteiger partial charge on any atom is 0.343 e. The van der Waals surface area contributed by atoms with Crippen LogP contribution in [0.1, 0.15) is 0 Å². The van der Waals surface area contributed by atoms with Gasteiger partial charge in [0.2, 0.25) is 0 Å². The SMILES string of the molecule is N#Cn1c(=O)[nH]c(=O)c2[nH]c(=O)[nH]c21. The van der Waals surface area contributed by atoms with E-state index in [9.17, 15) is 14.4 Å². The maximum absolute atomic E-state index is 11.1. The molecule has 14 heavy (non-hydrogen) atoms. The number of aromatic nitrogens is 4. The molecule has 0 saturated heterocycles. The van der Waals surface area contributed by atoms with Crippen molar-refractivity contribution >= 4 is 11.2 Å². The summed E-state index contributed by atoms with van der Waals surface area (Å²) in [5, 5.41) is 8.57. The van der Waals surface area contributed by atoms with Gasteiger partial charge in [-0.25, -0.2) is 9.59 Å². The standard InChI is InChI=1S/C6H3N5O3/c7-1-11-3-2(8-5(13)9-3)4(12)10-6(11)14/h(H2,8,9,13)(H,10,12,14). The minimum absolute atomic E-state index is 0.129. The molecule has 0 unspecified atom stereocenters. The summed E-state index contributed by atoms with van der Waals surface area (Å²) < 4.78 is 0.578. The third-order valence-electron chi connectivity index (χ3n) is 1.68. The summed E-state index contributed by atoms with van der Waals surface area (Å²) in [6.45, 7) is 0. The highest BCUT2D eigenvalue weighted by atomic mass is 16.2. The third-order valence-corrected chi connectivity index (χ3v) is 1.68. The van der Waals surface area contributed by atoms with Crippen molar-refractivity contribution in [3.05, 3.63) is 31.3 Å². The molecule has 2 aromatic heterocycles. The molecule has 2 heterocycles. The van der Waals surface area contributed by atoms with Crippen molar-refractivity contribution in [1.29, 1.82) is 5.26 Å². The summed E-state index contributed by atoms with van der Waals surface area (Å²) in [7, 11) is 0. The molecular formula is C6H3N5O3. The van der Waals surface area contributed by atoms with Crippen molar-refractivity contribution in [3.8, 4) is 6.19 Å². The van der Waals surface area contributed by atoms with Gasteiger partial charge in [0.15, 0.2) is 17.4 Å². The average molecular weight is 193 g/mol. The Morgan fingerprint density at radius 1 is 1.14 bits per heavy atom. The van der Waals surface area contributed by atoms with E-state index in [1.54, 1.807) is 0 Å². The van der Waals surface area contributed by atoms with Crippen LogP contribution in [0.3, 0.4) is 0 Å². The van der Waals surface area contributed by atoms with Gasteiger partial charge in [-0.15, -0.1) is 0 Å². The van der Waals surface area contributed by atoms with Crippen LogP contribution in [-0.4, -0.2) is 19.5 Å². The zero-order chi connectivity index (χ0) is 10.3. The van der Waals surface area contributed by atoms with Crippen LogP contribution in [0.5, 0.6) is 0 Å². The Morgan fingerprint density at radius 2 is 1.86 bits per heavy atom. The molecule has 0 saturated carbocycles. The molecule has 0 aliphatic heterocycles. The number of fused-ring (bicyclic) bond motifs is 1. The lowest BCUT2D eigenvalue weighted by Crippen LogP contribution is -2.28. The molecule has 0 aliphatic carbocycles. The minimum Gasteiger partial charge on any atom is -0.300 e. The van der Waals surface area contributed by atoms with Crippen molar-refractivity contribution < 1.29 is 0 Å². The van der Waals surface area contributed by atoms with E-state index in [2.05, 4.69) is 9.97 Å². The molecule has 3 N–H and O–H groups in total. The van der Waals surface area contributed by atoms with Crippen LogP contribution in [0, 0.1) is 11.5 Å². The number of nitriles is 1. The molecule has 0 atom stereocenters. The zero-order valence-corrected chi connectivity index (χ0v) is 6.62. The van der Waals surface area contributed by atoms with Gasteiger partial charge < -0.3 is 0 Å². The van der Waals surface area contributed by atoms with Crippen LogP contribution >= 0.6 is 0 Å². The molecule has 0 spiro atoms. The van der Waals surface area contributed by atoms with E-state index < -0.39 is 16.9 Å². The lowest BCUT2D eigenvalue weighted by Gasteiger charge is -1.92. The van der Waals surface area contributed by atoms with Crippen LogP contribution in [0.15, 0.2) is 14.4 Å². The van der Waals surface area contributed by atoms with Crippen molar-refractivity contribution in [1.82, 2.24) is 19.5 Å².